The van der Waals surface area contributed by atoms with Crippen LogP contribution < -0.4 is 0 Å². The molecule has 1 amide bonds. The molecule has 0 aromatic heterocycles. The van der Waals surface area contributed by atoms with E-state index >= 15 is 0 Å². The third kappa shape index (κ3) is 3.45. The number of nitrogens with zero attached hydrogens (tertiary/aromatic N) is 1. The van der Waals surface area contributed by atoms with Crippen LogP contribution in [0.4, 0.5) is 0 Å². The number of rotatable bonds is 7. The molecule has 2 rings (SSSR count). The van der Waals surface area contributed by atoms with Crippen molar-refractivity contribution in [3.05, 3.63) is 0 Å². The van der Waals surface area contributed by atoms with Gasteiger partial charge in [0.2, 0.25) is 5.91 Å². The maximum atomic E-state index is 12.7. The Morgan fingerprint density at radius 3 is 2.38 bits per heavy atom. The van der Waals surface area contributed by atoms with Crippen molar-refractivity contribution in [2.45, 2.75) is 88.7 Å². The van der Waals surface area contributed by atoms with Crippen LogP contribution >= 0.6 is 0 Å². The predicted molar refractivity (Wildman–Crippen MR) is 92.4 cm³/mol. The molecule has 0 radical (unpaired) electrons. The number of hydrogen-bond donors (Lipinski definition) is 0. The molecule has 148 valence electrons. The van der Waals surface area contributed by atoms with Crippen LogP contribution in [0.5, 0.6) is 0 Å². The number of hydrogen-bond acceptors (Lipinski definition) is 7. The number of esters is 2. The molecule has 0 spiro atoms. The van der Waals surface area contributed by atoms with E-state index in [9.17, 15) is 22.8 Å². The van der Waals surface area contributed by atoms with Crippen LogP contribution in [-0.2, 0) is 33.7 Å². The number of carbonyl (C=O) groups excluding carboxylic acids is 3. The highest BCUT2D eigenvalue weighted by Crippen LogP contribution is 2.46. The normalized spacial score (nSPS) is 26.0. The second kappa shape index (κ2) is 6.83. The van der Waals surface area contributed by atoms with E-state index in [1.54, 1.807) is 0 Å². The lowest BCUT2D eigenvalue weighted by Gasteiger charge is -2.37. The van der Waals surface area contributed by atoms with Gasteiger partial charge in [-0.1, -0.05) is 19.8 Å². The summed E-state index contributed by atoms with van der Waals surface area (Å²) in [5, 5.41) is -0.984. The van der Waals surface area contributed by atoms with Crippen LogP contribution in [0.25, 0.3) is 0 Å². The fraction of sp³-hybridized carbons (Fsp3) is 0.824. The van der Waals surface area contributed by atoms with Crippen molar-refractivity contribution in [1.29, 1.82) is 0 Å². The van der Waals surface area contributed by atoms with Gasteiger partial charge in [0.15, 0.2) is 9.84 Å². The van der Waals surface area contributed by atoms with Gasteiger partial charge in [0.05, 0.1) is 11.2 Å². The Hall–Kier alpha value is -1.64. The Morgan fingerprint density at radius 1 is 1.23 bits per heavy atom. The van der Waals surface area contributed by atoms with Crippen LogP contribution in [0.1, 0.15) is 66.7 Å². The molecule has 0 unspecified atom stereocenters. The Morgan fingerprint density at radius 2 is 1.85 bits per heavy atom. The molecule has 0 saturated carbocycles. The third-order valence-corrected chi connectivity index (χ3v) is 7.69. The molecule has 0 bridgehead atoms. The lowest BCUT2D eigenvalue weighted by molar-refractivity contribution is -0.221. The zero-order valence-corrected chi connectivity index (χ0v) is 16.7. The largest absolute Gasteiger partial charge is 0.423 e. The summed E-state index contributed by atoms with van der Waals surface area (Å²) < 4.78 is 34.1. The first-order valence-electron chi connectivity index (χ1n) is 8.84. The van der Waals surface area contributed by atoms with Crippen molar-refractivity contribution in [1.82, 2.24) is 4.90 Å². The van der Waals surface area contributed by atoms with Gasteiger partial charge in [0, 0.05) is 20.3 Å². The highest BCUT2D eigenvalue weighted by molar-refractivity contribution is 7.93. The Kier molecular flexibility index (Phi) is 5.43. The van der Waals surface area contributed by atoms with Crippen LogP contribution in [0, 0.1) is 0 Å². The molecule has 2 fully saturated rings. The topological polar surface area (TPSA) is 107 Å². The zero-order chi connectivity index (χ0) is 19.9. The summed E-state index contributed by atoms with van der Waals surface area (Å²) in [4.78, 5) is 37.5. The van der Waals surface area contributed by atoms with Gasteiger partial charge in [-0.2, -0.15) is 0 Å². The lowest BCUT2D eigenvalue weighted by atomic mass is 9.98. The number of unbranched alkanes of at least 4 members (excludes halogenated alkanes) is 2. The average Bonchev–Trinajstić information content (AvgIpc) is 2.60. The summed E-state index contributed by atoms with van der Waals surface area (Å²) in [5.41, 5.74) is 0. The van der Waals surface area contributed by atoms with Gasteiger partial charge in [-0.25, -0.2) is 13.2 Å². The van der Waals surface area contributed by atoms with Gasteiger partial charge in [-0.15, -0.1) is 0 Å². The molecule has 0 aliphatic carbocycles. The number of carbonyl (C=O) groups is 3. The summed E-state index contributed by atoms with van der Waals surface area (Å²) in [6, 6.07) is -1.25. The van der Waals surface area contributed by atoms with Crippen molar-refractivity contribution in [2.24, 2.45) is 0 Å². The SMILES string of the molecule is CCCCCC(=O)OC(C)(C)OC(=O)[C@@H]1N2C(=O)C[C@H]2S(=O)(=O)C1(C)C. The Labute approximate surface area is 154 Å². The van der Waals surface area contributed by atoms with Crippen molar-refractivity contribution in [2.75, 3.05) is 0 Å². The van der Waals surface area contributed by atoms with Crippen LogP contribution in [0.3, 0.4) is 0 Å². The first-order chi connectivity index (χ1) is 11.8. The minimum atomic E-state index is -3.69. The minimum absolute atomic E-state index is 0.120. The fourth-order valence-corrected chi connectivity index (χ4v) is 5.50. The van der Waals surface area contributed by atoms with E-state index in [4.69, 9.17) is 9.47 Å². The average molecular weight is 389 g/mol. The number of fused-ring (bicyclic) bond motifs is 1. The van der Waals surface area contributed by atoms with E-state index < -0.39 is 49.6 Å². The molecule has 2 atom stereocenters. The van der Waals surface area contributed by atoms with Gasteiger partial charge >= 0.3 is 11.9 Å². The summed E-state index contributed by atoms with van der Waals surface area (Å²) in [6.45, 7) is 7.65. The zero-order valence-electron chi connectivity index (χ0n) is 15.9. The summed E-state index contributed by atoms with van der Waals surface area (Å²) >= 11 is 0. The summed E-state index contributed by atoms with van der Waals surface area (Å²) in [6.07, 6.45) is 2.62. The number of β-lactam (4-membered cyclic amide) rings is 1. The van der Waals surface area contributed by atoms with Crippen LogP contribution in [-0.4, -0.2) is 53.1 Å². The molecule has 0 N–H and O–H groups in total. The standard InChI is InChI=1S/C17H27NO7S/c1-6-7-8-9-13(20)24-17(4,5)25-15(21)14-16(2,3)26(22,23)12-10-11(19)18(12)14/h12,14H,6-10H2,1-5H3/t12-,14+/m1/s1. The van der Waals surface area contributed by atoms with Gasteiger partial charge in [-0.3, -0.25) is 9.59 Å². The monoisotopic (exact) mass is 389 g/mol. The minimum Gasteiger partial charge on any atom is -0.423 e. The van der Waals surface area contributed by atoms with E-state index in [1.165, 1.54) is 27.7 Å². The quantitative estimate of drug-likeness (QED) is 0.281. The number of amides is 1. The molecule has 2 aliphatic rings. The second-order valence-electron chi connectivity index (χ2n) is 7.76. The smallest absolute Gasteiger partial charge is 0.333 e. The van der Waals surface area contributed by atoms with Crippen LogP contribution in [0.15, 0.2) is 0 Å². The molecular weight excluding hydrogens is 362 g/mol. The first kappa shape index (κ1) is 20.7. The first-order valence-corrected chi connectivity index (χ1v) is 10.4. The molecule has 9 heteroatoms. The van der Waals surface area contributed by atoms with Crippen molar-refractivity contribution in [3.63, 3.8) is 0 Å². The van der Waals surface area contributed by atoms with Crippen molar-refractivity contribution < 1.29 is 32.3 Å². The Balaban J connectivity index is 2.08. The highest BCUT2D eigenvalue weighted by Gasteiger charge is 2.68. The predicted octanol–water partition coefficient (Wildman–Crippen LogP) is 1.52. The molecule has 2 saturated heterocycles. The molecule has 2 heterocycles. The van der Waals surface area contributed by atoms with Gasteiger partial charge < -0.3 is 14.4 Å². The van der Waals surface area contributed by atoms with E-state index in [1.807, 2.05) is 6.92 Å². The Bertz CT molecular complexity index is 711. The number of sulfone groups is 1. The molecule has 0 aromatic carbocycles. The summed E-state index contributed by atoms with van der Waals surface area (Å²) in [5.74, 6) is -3.33. The molecule has 2 aliphatic heterocycles. The summed E-state index contributed by atoms with van der Waals surface area (Å²) in [7, 11) is -3.69. The molecular formula is C17H27NO7S. The van der Waals surface area contributed by atoms with Gasteiger partial charge in [-0.05, 0) is 20.3 Å². The molecule has 8 nitrogen and oxygen atoms in total. The lowest BCUT2D eigenvalue weighted by Crippen LogP contribution is -2.58. The van der Waals surface area contributed by atoms with E-state index in [0.717, 1.165) is 17.7 Å². The second-order valence-corrected chi connectivity index (χ2v) is 10.4. The third-order valence-electron chi connectivity index (χ3n) is 4.89. The number of ether oxygens (including phenoxy) is 2. The van der Waals surface area contributed by atoms with Gasteiger partial charge in [0.1, 0.15) is 11.4 Å². The maximum Gasteiger partial charge on any atom is 0.333 e. The fourth-order valence-electron chi connectivity index (χ4n) is 3.37. The van der Waals surface area contributed by atoms with E-state index in [2.05, 4.69) is 0 Å². The van der Waals surface area contributed by atoms with Crippen molar-refractivity contribution in [3.8, 4) is 0 Å². The highest BCUT2D eigenvalue weighted by atomic mass is 32.2. The molecule has 0 aromatic rings. The van der Waals surface area contributed by atoms with E-state index in [-0.39, 0.29) is 12.8 Å². The van der Waals surface area contributed by atoms with Crippen LogP contribution in [0.2, 0.25) is 0 Å². The van der Waals surface area contributed by atoms with E-state index in [0.29, 0.717) is 6.42 Å². The maximum absolute atomic E-state index is 12.7. The van der Waals surface area contributed by atoms with Gasteiger partial charge in [0.25, 0.3) is 5.79 Å². The molecule has 26 heavy (non-hydrogen) atoms. The van der Waals surface area contributed by atoms with Crippen molar-refractivity contribution >= 4 is 27.7 Å².